The van der Waals surface area contributed by atoms with Gasteiger partial charge in [0.15, 0.2) is 5.82 Å². The van der Waals surface area contributed by atoms with Crippen LogP contribution in [0.15, 0.2) is 78.7 Å². The van der Waals surface area contributed by atoms with Crippen molar-refractivity contribution in [2.45, 2.75) is 20.8 Å². The number of ether oxygens (including phenoxy) is 2. The van der Waals surface area contributed by atoms with Gasteiger partial charge in [-0.3, -0.25) is 0 Å². The van der Waals surface area contributed by atoms with Gasteiger partial charge in [0.2, 0.25) is 0 Å². The van der Waals surface area contributed by atoms with E-state index in [4.69, 9.17) is 9.47 Å². The van der Waals surface area contributed by atoms with Gasteiger partial charge in [0.1, 0.15) is 28.9 Å². The molecule has 1 amide bonds. The second kappa shape index (κ2) is 10.0. The zero-order chi connectivity index (χ0) is 24.9. The molecule has 0 aliphatic carbocycles. The Morgan fingerprint density at radius 2 is 1.89 bits per heavy atom. The van der Waals surface area contributed by atoms with Crippen molar-refractivity contribution >= 4 is 23.1 Å². The van der Waals surface area contributed by atoms with Crippen molar-refractivity contribution in [3.63, 3.8) is 0 Å². The number of hydrogen-bond acceptors (Lipinski definition) is 6. The maximum Gasteiger partial charge on any atom is 0.425 e. The third kappa shape index (κ3) is 4.39. The van der Waals surface area contributed by atoms with Crippen LogP contribution in [0.2, 0.25) is 0 Å². The van der Waals surface area contributed by atoms with Gasteiger partial charge in [-0.15, -0.1) is 0 Å². The first-order valence-corrected chi connectivity index (χ1v) is 11.1. The fourth-order valence-electron chi connectivity index (χ4n) is 3.72. The van der Waals surface area contributed by atoms with Crippen LogP contribution in [0.4, 0.5) is 16.3 Å². The Kier molecular flexibility index (Phi) is 6.69. The van der Waals surface area contributed by atoms with E-state index >= 15 is 0 Å². The summed E-state index contributed by atoms with van der Waals surface area (Å²) < 4.78 is 12.6. The molecule has 0 atom stereocenters. The van der Waals surface area contributed by atoms with Gasteiger partial charge < -0.3 is 14.6 Å². The molecule has 0 spiro atoms. The minimum absolute atomic E-state index is 0.0507. The molecule has 176 valence electrons. The summed E-state index contributed by atoms with van der Waals surface area (Å²) in [7, 11) is 0. The average Bonchev–Trinajstić information content (AvgIpc) is 3.35. The van der Waals surface area contributed by atoms with E-state index in [2.05, 4.69) is 11.2 Å². The van der Waals surface area contributed by atoms with Gasteiger partial charge >= 0.3 is 6.09 Å². The summed E-state index contributed by atoms with van der Waals surface area (Å²) in [6.07, 6.45) is 2.47. The number of fused-ring (bicyclic) bond motifs is 1. The molecule has 4 rings (SSSR count). The summed E-state index contributed by atoms with van der Waals surface area (Å²) in [5, 5.41) is 25.5. The van der Waals surface area contributed by atoms with Gasteiger partial charge in [-0.1, -0.05) is 30.3 Å². The molecule has 2 heterocycles. The number of anilines is 2. The molecule has 0 saturated heterocycles. The Morgan fingerprint density at radius 3 is 2.51 bits per heavy atom. The number of hydrogen-bond donors (Lipinski definition) is 1. The molecule has 4 aromatic rings. The van der Waals surface area contributed by atoms with E-state index in [1.54, 1.807) is 74.5 Å². The van der Waals surface area contributed by atoms with Crippen molar-refractivity contribution in [3.05, 3.63) is 84.3 Å². The van der Waals surface area contributed by atoms with E-state index in [-0.39, 0.29) is 22.7 Å². The largest absolute Gasteiger partial charge is 0.506 e. The second-order valence-corrected chi connectivity index (χ2v) is 7.56. The normalized spacial score (nSPS) is 11.2. The van der Waals surface area contributed by atoms with Gasteiger partial charge in [0.05, 0.1) is 29.6 Å². The maximum absolute atomic E-state index is 13.6. The zero-order valence-electron chi connectivity index (χ0n) is 19.6. The third-order valence-corrected chi connectivity index (χ3v) is 5.43. The predicted octanol–water partition coefficient (Wildman–Crippen LogP) is 6.18. The van der Waals surface area contributed by atoms with Gasteiger partial charge in [-0.25, -0.2) is 14.2 Å². The van der Waals surface area contributed by atoms with Crippen LogP contribution in [0.1, 0.15) is 26.3 Å². The Labute approximate surface area is 202 Å². The summed E-state index contributed by atoms with van der Waals surface area (Å²) in [6, 6.07) is 19.6. The highest BCUT2D eigenvalue weighted by molar-refractivity contribution is 6.02. The molecule has 35 heavy (non-hydrogen) atoms. The number of rotatable bonds is 6. The fraction of sp³-hybridized carbons (Fsp3) is 0.148. The van der Waals surface area contributed by atoms with E-state index in [1.165, 1.54) is 15.6 Å². The van der Waals surface area contributed by atoms with Crippen molar-refractivity contribution in [1.29, 1.82) is 5.26 Å². The monoisotopic (exact) mass is 468 g/mol. The number of nitrogens with zero attached hydrogens (tertiary/aromatic N) is 4. The van der Waals surface area contributed by atoms with Crippen LogP contribution in [-0.4, -0.2) is 27.4 Å². The summed E-state index contributed by atoms with van der Waals surface area (Å²) in [4.78, 5) is 14.9. The topological polar surface area (TPSA) is 100 Å². The highest BCUT2D eigenvalue weighted by Crippen LogP contribution is 2.44. The van der Waals surface area contributed by atoms with Crippen LogP contribution in [0.3, 0.4) is 0 Å². The molecule has 2 aromatic carbocycles. The van der Waals surface area contributed by atoms with E-state index in [1.807, 2.05) is 13.0 Å². The summed E-state index contributed by atoms with van der Waals surface area (Å²) in [5.41, 5.74) is 1.73. The van der Waals surface area contributed by atoms with E-state index < -0.39 is 6.09 Å². The summed E-state index contributed by atoms with van der Waals surface area (Å²) in [5.74, 6) is 1.02. The maximum atomic E-state index is 13.6. The molecule has 8 heteroatoms. The molecular weight excluding hydrogens is 444 g/mol. The number of pyridine rings is 1. The highest BCUT2D eigenvalue weighted by Gasteiger charge is 2.31. The van der Waals surface area contributed by atoms with Crippen LogP contribution in [0.25, 0.3) is 16.6 Å². The summed E-state index contributed by atoms with van der Waals surface area (Å²) >= 11 is 0. The average molecular weight is 469 g/mol. The highest BCUT2D eigenvalue weighted by atomic mass is 16.6. The number of benzene rings is 2. The molecule has 0 fully saturated rings. The van der Waals surface area contributed by atoms with Gasteiger partial charge in [0, 0.05) is 0 Å². The molecule has 0 bridgehead atoms. The lowest BCUT2D eigenvalue weighted by atomic mass is 10.0. The van der Waals surface area contributed by atoms with Crippen LogP contribution in [-0.2, 0) is 4.74 Å². The number of carbonyl (C=O) groups is 1. The second-order valence-electron chi connectivity index (χ2n) is 7.56. The number of aromatic nitrogens is 2. The van der Waals surface area contributed by atoms with Crippen molar-refractivity contribution in [3.8, 4) is 28.7 Å². The smallest absolute Gasteiger partial charge is 0.425 e. The lowest BCUT2D eigenvalue weighted by Gasteiger charge is -2.26. The standard InChI is InChI=1S/C27H24N4O4/c1-4-18(3)35-27(33)30(20-11-13-21(14-12-20)34-5-2)26-24(19-9-7-6-8-10-19)25(32)22(17-28)23-15-16-29-31(23)26/h4,6-16,32H,5H2,1-3H3/b18-4+. The molecular formula is C27H24N4O4. The van der Waals surface area contributed by atoms with Crippen LogP contribution in [0.5, 0.6) is 11.5 Å². The van der Waals surface area contributed by atoms with Crippen LogP contribution >= 0.6 is 0 Å². The predicted molar refractivity (Wildman–Crippen MR) is 133 cm³/mol. The van der Waals surface area contributed by atoms with E-state index in [0.29, 0.717) is 34.9 Å². The van der Waals surface area contributed by atoms with E-state index in [0.717, 1.165) is 0 Å². The minimum atomic E-state index is -0.706. The molecule has 0 radical (unpaired) electrons. The van der Waals surface area contributed by atoms with E-state index in [9.17, 15) is 15.2 Å². The molecule has 1 N–H and O–H groups in total. The number of allylic oxidation sites excluding steroid dienone is 2. The Morgan fingerprint density at radius 1 is 1.17 bits per heavy atom. The fourth-order valence-corrected chi connectivity index (χ4v) is 3.72. The number of amides is 1. The molecule has 0 saturated carbocycles. The van der Waals surface area contributed by atoms with Crippen LogP contribution < -0.4 is 9.64 Å². The third-order valence-electron chi connectivity index (χ3n) is 5.43. The molecule has 0 aliphatic heterocycles. The van der Waals surface area contributed by atoms with Crippen molar-refractivity contribution in [1.82, 2.24) is 9.61 Å². The molecule has 0 unspecified atom stereocenters. The SMILES string of the molecule is C/C=C(\C)OC(=O)N(c1ccc(OCC)cc1)c1c(-c2ccccc2)c(O)c(C#N)c2ccnn12. The minimum Gasteiger partial charge on any atom is -0.506 e. The Balaban J connectivity index is 2.06. The first-order chi connectivity index (χ1) is 17.0. The summed E-state index contributed by atoms with van der Waals surface area (Å²) in [6.45, 7) is 5.82. The molecule has 8 nitrogen and oxygen atoms in total. The quantitative estimate of drug-likeness (QED) is 0.339. The Bertz CT molecular complexity index is 1430. The van der Waals surface area contributed by atoms with Crippen molar-refractivity contribution in [2.75, 3.05) is 11.5 Å². The Hall–Kier alpha value is -4.77. The van der Waals surface area contributed by atoms with Crippen molar-refractivity contribution < 1.29 is 19.4 Å². The first kappa shape index (κ1) is 23.4. The lowest BCUT2D eigenvalue weighted by Crippen LogP contribution is -2.29. The molecule has 0 aliphatic rings. The van der Waals surface area contributed by atoms with Gasteiger partial charge in [-0.05, 0) is 62.7 Å². The van der Waals surface area contributed by atoms with Crippen molar-refractivity contribution in [2.24, 2.45) is 0 Å². The number of aromatic hydroxyl groups is 1. The lowest BCUT2D eigenvalue weighted by molar-refractivity contribution is 0.186. The molecule has 2 aromatic heterocycles. The first-order valence-electron chi connectivity index (χ1n) is 11.1. The van der Waals surface area contributed by atoms with Gasteiger partial charge in [0.25, 0.3) is 0 Å². The van der Waals surface area contributed by atoms with Crippen LogP contribution in [0, 0.1) is 11.3 Å². The van der Waals surface area contributed by atoms with Gasteiger partial charge in [-0.2, -0.15) is 10.4 Å². The number of carbonyl (C=O) groups excluding carboxylic acids is 1. The number of nitriles is 1. The zero-order valence-corrected chi connectivity index (χ0v) is 19.6.